The number of aryl methyl sites for hydroxylation is 1. The first kappa shape index (κ1) is 18.8. The number of hydrogen-bond donors (Lipinski definition) is 2. The molecule has 0 bridgehead atoms. The Bertz CT molecular complexity index is 896. The molecule has 1 aliphatic heterocycles. The summed E-state index contributed by atoms with van der Waals surface area (Å²) in [6.45, 7) is 2.93. The van der Waals surface area contributed by atoms with Crippen molar-refractivity contribution in [2.75, 3.05) is 19.6 Å². The highest BCUT2D eigenvalue weighted by Crippen LogP contribution is 2.24. The molecule has 2 N–H and O–H groups in total. The molecule has 3 aromatic rings. The van der Waals surface area contributed by atoms with Gasteiger partial charge >= 0.3 is 0 Å². The monoisotopic (exact) mass is 375 g/mol. The van der Waals surface area contributed by atoms with E-state index in [2.05, 4.69) is 63.9 Å². The Morgan fingerprint density at radius 3 is 2.61 bits per heavy atom. The minimum atomic E-state index is 0.153. The molecule has 0 saturated carbocycles. The Balaban J connectivity index is 1.29. The summed E-state index contributed by atoms with van der Waals surface area (Å²) < 4.78 is 0. The van der Waals surface area contributed by atoms with Crippen molar-refractivity contribution in [2.45, 2.75) is 38.1 Å². The van der Waals surface area contributed by atoms with E-state index in [4.69, 9.17) is 0 Å². The van der Waals surface area contributed by atoms with Crippen LogP contribution in [0.2, 0.25) is 0 Å². The molecule has 4 heteroatoms. The lowest BCUT2D eigenvalue weighted by Crippen LogP contribution is -2.36. The highest BCUT2D eigenvalue weighted by Gasteiger charge is 2.23. The van der Waals surface area contributed by atoms with Gasteiger partial charge in [0.2, 0.25) is 5.91 Å². The summed E-state index contributed by atoms with van der Waals surface area (Å²) >= 11 is 0. The molecule has 1 saturated heterocycles. The second-order valence-corrected chi connectivity index (χ2v) is 7.69. The largest absolute Gasteiger partial charge is 0.361 e. The van der Waals surface area contributed by atoms with Crippen molar-refractivity contribution < 1.29 is 4.79 Å². The van der Waals surface area contributed by atoms with E-state index in [1.165, 1.54) is 34.9 Å². The molecular formula is C24H29N3O. The molecule has 2 heterocycles. The number of aromatic nitrogens is 1. The summed E-state index contributed by atoms with van der Waals surface area (Å²) in [5, 5.41) is 4.45. The van der Waals surface area contributed by atoms with Crippen molar-refractivity contribution in [2.24, 2.45) is 0 Å². The topological polar surface area (TPSA) is 48.1 Å². The third-order valence-electron chi connectivity index (χ3n) is 5.78. The Morgan fingerprint density at radius 1 is 1.04 bits per heavy atom. The first-order chi connectivity index (χ1) is 13.8. The van der Waals surface area contributed by atoms with E-state index in [1.54, 1.807) is 0 Å². The van der Waals surface area contributed by atoms with Crippen LogP contribution in [-0.4, -0.2) is 35.4 Å². The lowest BCUT2D eigenvalue weighted by Gasteiger charge is -2.28. The first-order valence-corrected chi connectivity index (χ1v) is 10.4. The molecule has 1 aromatic heterocycles. The van der Waals surface area contributed by atoms with Crippen molar-refractivity contribution in [3.63, 3.8) is 0 Å². The van der Waals surface area contributed by atoms with Crippen LogP contribution < -0.4 is 5.32 Å². The van der Waals surface area contributed by atoms with Crippen LogP contribution in [0.4, 0.5) is 0 Å². The maximum Gasteiger partial charge on any atom is 0.220 e. The van der Waals surface area contributed by atoms with E-state index < -0.39 is 0 Å². The Labute approximate surface area is 166 Å². The normalized spacial score (nSPS) is 15.7. The predicted molar refractivity (Wildman–Crippen MR) is 114 cm³/mol. The molecule has 146 valence electrons. The van der Waals surface area contributed by atoms with E-state index >= 15 is 0 Å². The molecule has 1 aliphatic rings. The van der Waals surface area contributed by atoms with Gasteiger partial charge in [-0.3, -0.25) is 9.69 Å². The maximum atomic E-state index is 12.4. The zero-order valence-corrected chi connectivity index (χ0v) is 16.4. The average Bonchev–Trinajstić information content (AvgIpc) is 3.40. The molecule has 2 aromatic carbocycles. The fourth-order valence-corrected chi connectivity index (χ4v) is 4.26. The fourth-order valence-electron chi connectivity index (χ4n) is 4.26. The molecule has 4 rings (SSSR count). The van der Waals surface area contributed by atoms with Crippen LogP contribution in [-0.2, 0) is 11.2 Å². The van der Waals surface area contributed by atoms with Crippen LogP contribution in [0.5, 0.6) is 0 Å². The summed E-state index contributed by atoms with van der Waals surface area (Å²) in [4.78, 5) is 18.3. The second kappa shape index (κ2) is 9.07. The molecule has 0 radical (unpaired) electrons. The zero-order valence-electron chi connectivity index (χ0n) is 16.4. The highest BCUT2D eigenvalue weighted by molar-refractivity contribution is 5.83. The number of nitrogens with one attached hydrogen (secondary N) is 2. The van der Waals surface area contributed by atoms with Gasteiger partial charge in [-0.1, -0.05) is 48.5 Å². The third-order valence-corrected chi connectivity index (χ3v) is 5.78. The average molecular weight is 376 g/mol. The van der Waals surface area contributed by atoms with Gasteiger partial charge in [0.1, 0.15) is 0 Å². The smallest absolute Gasteiger partial charge is 0.220 e. The number of para-hydroxylation sites is 1. The van der Waals surface area contributed by atoms with Crippen LogP contribution in [0.1, 0.15) is 42.9 Å². The Hall–Kier alpha value is -2.59. The maximum absolute atomic E-state index is 12.4. The molecule has 1 fully saturated rings. The lowest BCUT2D eigenvalue weighted by atomic mass is 10.0. The van der Waals surface area contributed by atoms with Gasteiger partial charge < -0.3 is 10.3 Å². The molecular weight excluding hydrogens is 346 g/mol. The van der Waals surface area contributed by atoms with Gasteiger partial charge in [0, 0.05) is 30.1 Å². The van der Waals surface area contributed by atoms with Crippen LogP contribution >= 0.6 is 0 Å². The van der Waals surface area contributed by atoms with Crippen LogP contribution in [0, 0.1) is 0 Å². The van der Waals surface area contributed by atoms with Crippen molar-refractivity contribution in [3.8, 4) is 0 Å². The van der Waals surface area contributed by atoms with Gasteiger partial charge in [0.25, 0.3) is 0 Å². The summed E-state index contributed by atoms with van der Waals surface area (Å²) in [6.07, 6.45) is 6.94. The van der Waals surface area contributed by atoms with Crippen molar-refractivity contribution >= 4 is 16.8 Å². The standard InChI is InChI=1S/C24H29N3O/c28-24(14-8-11-20-17-25-22-13-5-4-12-21(20)22)26-18-23(27-15-6-7-16-27)19-9-2-1-3-10-19/h1-5,9-10,12-13,17,23,25H,6-8,11,14-16,18H2,(H,26,28). The molecule has 1 amide bonds. The molecule has 28 heavy (non-hydrogen) atoms. The minimum absolute atomic E-state index is 0.153. The SMILES string of the molecule is O=C(CCCc1c[nH]c2ccccc12)NCC(c1ccccc1)N1CCCC1. The summed E-state index contributed by atoms with van der Waals surface area (Å²) in [5.41, 5.74) is 3.75. The zero-order chi connectivity index (χ0) is 19.2. The highest BCUT2D eigenvalue weighted by atomic mass is 16.1. The number of H-pyrrole nitrogens is 1. The van der Waals surface area contributed by atoms with Crippen LogP contribution in [0.25, 0.3) is 10.9 Å². The number of hydrogen-bond acceptors (Lipinski definition) is 2. The van der Waals surface area contributed by atoms with Gasteiger partial charge in [-0.15, -0.1) is 0 Å². The van der Waals surface area contributed by atoms with E-state index in [-0.39, 0.29) is 11.9 Å². The van der Waals surface area contributed by atoms with E-state index in [0.29, 0.717) is 13.0 Å². The minimum Gasteiger partial charge on any atom is -0.361 e. The van der Waals surface area contributed by atoms with Gasteiger partial charge in [-0.2, -0.15) is 0 Å². The number of aromatic amines is 1. The third kappa shape index (κ3) is 4.45. The van der Waals surface area contributed by atoms with Crippen LogP contribution in [0.3, 0.4) is 0 Å². The number of likely N-dealkylation sites (tertiary alicyclic amines) is 1. The Morgan fingerprint density at radius 2 is 1.79 bits per heavy atom. The van der Waals surface area contributed by atoms with E-state index in [9.17, 15) is 4.79 Å². The molecule has 1 unspecified atom stereocenters. The number of benzene rings is 2. The summed E-state index contributed by atoms with van der Waals surface area (Å²) in [6, 6.07) is 19.2. The lowest BCUT2D eigenvalue weighted by molar-refractivity contribution is -0.121. The summed E-state index contributed by atoms with van der Waals surface area (Å²) in [7, 11) is 0. The van der Waals surface area contributed by atoms with Gasteiger partial charge in [-0.05, 0) is 56.0 Å². The summed E-state index contributed by atoms with van der Waals surface area (Å²) in [5.74, 6) is 0.153. The van der Waals surface area contributed by atoms with Crippen molar-refractivity contribution in [1.29, 1.82) is 0 Å². The molecule has 4 nitrogen and oxygen atoms in total. The number of nitrogens with zero attached hydrogens (tertiary/aromatic N) is 1. The first-order valence-electron chi connectivity index (χ1n) is 10.4. The quantitative estimate of drug-likeness (QED) is 0.611. The predicted octanol–water partition coefficient (Wildman–Crippen LogP) is 4.44. The molecule has 1 atom stereocenters. The van der Waals surface area contributed by atoms with Crippen LogP contribution in [0.15, 0.2) is 60.8 Å². The number of carbonyl (C=O) groups is 1. The second-order valence-electron chi connectivity index (χ2n) is 7.69. The molecule has 0 aliphatic carbocycles. The van der Waals surface area contributed by atoms with Gasteiger partial charge in [0.05, 0.1) is 6.04 Å². The Kier molecular flexibility index (Phi) is 6.07. The van der Waals surface area contributed by atoms with Crippen molar-refractivity contribution in [1.82, 2.24) is 15.2 Å². The van der Waals surface area contributed by atoms with E-state index in [0.717, 1.165) is 25.9 Å². The van der Waals surface area contributed by atoms with Gasteiger partial charge in [0.15, 0.2) is 0 Å². The number of fused-ring (bicyclic) bond motifs is 1. The van der Waals surface area contributed by atoms with Crippen molar-refractivity contribution in [3.05, 3.63) is 71.9 Å². The number of carbonyl (C=O) groups excluding carboxylic acids is 1. The molecule has 0 spiro atoms. The van der Waals surface area contributed by atoms with E-state index in [1.807, 2.05) is 12.1 Å². The fraction of sp³-hybridized carbons (Fsp3) is 0.375. The number of amides is 1. The van der Waals surface area contributed by atoms with Gasteiger partial charge in [-0.25, -0.2) is 0 Å². The number of rotatable bonds is 8.